The molecule has 0 aliphatic rings. The molecule has 0 fully saturated rings. The molecule has 72 valence electrons. The quantitative estimate of drug-likeness (QED) is 0.627. The van der Waals surface area contributed by atoms with Crippen LogP contribution < -0.4 is 0 Å². The fourth-order valence-electron chi connectivity index (χ4n) is 1.10. The third-order valence-electron chi connectivity index (χ3n) is 1.81. The van der Waals surface area contributed by atoms with Gasteiger partial charge in [0.15, 0.2) is 0 Å². The van der Waals surface area contributed by atoms with Crippen molar-refractivity contribution in [2.24, 2.45) is 4.40 Å². The summed E-state index contributed by atoms with van der Waals surface area (Å²) in [6.45, 7) is 1.90. The summed E-state index contributed by atoms with van der Waals surface area (Å²) in [5, 5.41) is 0.924. The Labute approximate surface area is 99.8 Å². The summed E-state index contributed by atoms with van der Waals surface area (Å²) in [5.74, 6) is 0. The molecule has 5 heteroatoms. The number of hydrogen-bond acceptors (Lipinski definition) is 4. The van der Waals surface area contributed by atoms with Crippen LogP contribution in [0, 0.1) is 0 Å². The van der Waals surface area contributed by atoms with E-state index in [0.29, 0.717) is 0 Å². The molecule has 1 heterocycles. The lowest BCUT2D eigenvalue weighted by Gasteiger charge is -1.87. The van der Waals surface area contributed by atoms with E-state index >= 15 is 0 Å². The van der Waals surface area contributed by atoms with Crippen LogP contribution in [0.4, 0.5) is 0 Å². The predicted molar refractivity (Wildman–Crippen MR) is 68.5 cm³/mol. The maximum absolute atomic E-state index is 4.44. The average molecular weight is 287 g/mol. The molecule has 14 heavy (non-hydrogen) atoms. The monoisotopic (exact) mass is 286 g/mol. The number of benzene rings is 1. The highest BCUT2D eigenvalue weighted by Gasteiger charge is 2.05. The Hall–Kier alpha value is -0.390. The molecule has 0 unspecified atom stereocenters. The zero-order chi connectivity index (χ0) is 10.1. The molecule has 0 radical (unpaired) electrons. The smallest absolute Gasteiger partial charge is 0.139 e. The van der Waals surface area contributed by atoms with Gasteiger partial charge in [-0.05, 0) is 37.9 Å². The first-order chi connectivity index (χ1) is 6.70. The summed E-state index contributed by atoms with van der Waals surface area (Å²) in [7, 11) is 0. The van der Waals surface area contributed by atoms with Crippen LogP contribution in [-0.2, 0) is 0 Å². The third-order valence-corrected chi connectivity index (χ3v) is 3.73. The van der Waals surface area contributed by atoms with Crippen molar-refractivity contribution in [3.63, 3.8) is 0 Å². The van der Waals surface area contributed by atoms with Crippen LogP contribution >= 0.6 is 40.1 Å². The molecule has 0 bridgehead atoms. The summed E-state index contributed by atoms with van der Waals surface area (Å²) in [5.41, 5.74) is 1.86. The van der Waals surface area contributed by atoms with E-state index in [1.165, 1.54) is 0 Å². The van der Waals surface area contributed by atoms with E-state index in [0.717, 1.165) is 25.4 Å². The fourth-order valence-corrected chi connectivity index (χ4v) is 2.72. The van der Waals surface area contributed by atoms with Gasteiger partial charge in [-0.2, -0.15) is 0 Å². The molecular weight excluding hydrogens is 280 g/mol. The number of aromatic nitrogens is 1. The Morgan fingerprint density at radius 2 is 2.36 bits per heavy atom. The molecule has 0 saturated heterocycles. The van der Waals surface area contributed by atoms with Crippen LogP contribution in [0.5, 0.6) is 0 Å². The lowest BCUT2D eigenvalue weighted by molar-refractivity contribution is 1.44. The van der Waals surface area contributed by atoms with Crippen LogP contribution in [0.3, 0.4) is 0 Å². The van der Waals surface area contributed by atoms with E-state index in [1.807, 2.05) is 19.1 Å². The largest absolute Gasteiger partial charge is 0.235 e. The zero-order valence-corrected chi connectivity index (χ0v) is 10.7. The first kappa shape index (κ1) is 10.1. The minimum absolute atomic E-state index is 0.852. The van der Waals surface area contributed by atoms with Gasteiger partial charge in [0.25, 0.3) is 0 Å². The van der Waals surface area contributed by atoms with Gasteiger partial charge in [0, 0.05) is 4.47 Å². The predicted octanol–water partition coefficient (Wildman–Crippen LogP) is 3.71. The topological polar surface area (TPSA) is 25.2 Å². The minimum atomic E-state index is 0.852. The van der Waals surface area contributed by atoms with Gasteiger partial charge in [0.05, 0.1) is 15.9 Å². The number of thiazole rings is 1. The number of hydrogen-bond donors (Lipinski definition) is 1. The SMILES string of the molecule is CC(=NS)c1nc2ccc(Br)cc2s1. The molecule has 2 aromatic rings. The van der Waals surface area contributed by atoms with Crippen molar-refractivity contribution in [2.75, 3.05) is 0 Å². The Morgan fingerprint density at radius 1 is 1.57 bits per heavy atom. The van der Waals surface area contributed by atoms with Gasteiger partial charge in [0.2, 0.25) is 0 Å². The molecule has 2 rings (SSSR count). The van der Waals surface area contributed by atoms with E-state index in [9.17, 15) is 0 Å². The number of halogens is 1. The Bertz CT molecular complexity index is 504. The van der Waals surface area contributed by atoms with Crippen molar-refractivity contribution in [3.8, 4) is 0 Å². The maximum atomic E-state index is 4.44. The fraction of sp³-hybridized carbons (Fsp3) is 0.111. The molecular formula is C9H7BrN2S2. The number of rotatable bonds is 1. The van der Waals surface area contributed by atoms with Crippen molar-refractivity contribution in [3.05, 3.63) is 27.7 Å². The van der Waals surface area contributed by atoms with Gasteiger partial charge in [0.1, 0.15) is 5.01 Å². The van der Waals surface area contributed by atoms with E-state index in [4.69, 9.17) is 0 Å². The third kappa shape index (κ3) is 1.85. The second kappa shape index (κ2) is 4.00. The van der Waals surface area contributed by atoms with Gasteiger partial charge in [-0.1, -0.05) is 15.9 Å². The van der Waals surface area contributed by atoms with Gasteiger partial charge in [-0.25, -0.2) is 9.38 Å². The van der Waals surface area contributed by atoms with E-state index in [-0.39, 0.29) is 0 Å². The second-order valence-corrected chi connectivity index (χ2v) is 4.96. The molecule has 0 atom stereocenters. The summed E-state index contributed by atoms with van der Waals surface area (Å²) in [6.07, 6.45) is 0. The van der Waals surface area contributed by atoms with Crippen molar-refractivity contribution in [2.45, 2.75) is 6.92 Å². The van der Waals surface area contributed by atoms with Gasteiger partial charge in [-0.3, -0.25) is 0 Å². The van der Waals surface area contributed by atoms with Crippen molar-refractivity contribution >= 4 is 56.0 Å². The average Bonchev–Trinajstić information content (AvgIpc) is 2.59. The molecule has 0 saturated carbocycles. The van der Waals surface area contributed by atoms with E-state index in [2.05, 4.69) is 44.2 Å². The highest BCUT2D eigenvalue weighted by Crippen LogP contribution is 2.25. The highest BCUT2D eigenvalue weighted by atomic mass is 79.9. The summed E-state index contributed by atoms with van der Waals surface area (Å²) < 4.78 is 6.05. The molecule has 0 aliphatic heterocycles. The number of fused-ring (bicyclic) bond motifs is 1. The van der Waals surface area contributed by atoms with E-state index in [1.54, 1.807) is 11.3 Å². The van der Waals surface area contributed by atoms with Gasteiger partial charge >= 0.3 is 0 Å². The van der Waals surface area contributed by atoms with Crippen molar-refractivity contribution < 1.29 is 0 Å². The van der Waals surface area contributed by atoms with E-state index < -0.39 is 0 Å². The molecule has 0 amide bonds. The first-order valence-corrected chi connectivity index (χ1v) is 5.97. The number of thiol groups is 1. The number of nitrogens with zero attached hydrogens (tertiary/aromatic N) is 2. The lowest BCUT2D eigenvalue weighted by Crippen LogP contribution is -1.89. The molecule has 0 N–H and O–H groups in total. The minimum Gasteiger partial charge on any atom is -0.235 e. The normalized spacial score (nSPS) is 12.4. The van der Waals surface area contributed by atoms with Crippen LogP contribution in [-0.4, -0.2) is 10.7 Å². The van der Waals surface area contributed by atoms with Crippen molar-refractivity contribution in [1.82, 2.24) is 4.98 Å². The molecule has 0 spiro atoms. The molecule has 1 aromatic heterocycles. The zero-order valence-electron chi connectivity index (χ0n) is 7.36. The highest BCUT2D eigenvalue weighted by molar-refractivity contribution is 9.10. The summed E-state index contributed by atoms with van der Waals surface area (Å²) in [6, 6.07) is 6.03. The standard InChI is InChI=1S/C9H7BrN2S2/c1-5(12-13)9-11-7-3-2-6(10)4-8(7)14-9/h2-4,13H,1H3. The molecule has 2 nitrogen and oxygen atoms in total. The molecule has 0 aliphatic carbocycles. The van der Waals surface area contributed by atoms with Crippen molar-refractivity contribution in [1.29, 1.82) is 0 Å². The van der Waals surface area contributed by atoms with Crippen LogP contribution in [0.25, 0.3) is 10.2 Å². The first-order valence-electron chi connectivity index (χ1n) is 3.96. The second-order valence-electron chi connectivity index (χ2n) is 2.82. The Balaban J connectivity index is 2.62. The summed E-state index contributed by atoms with van der Waals surface area (Å²) in [4.78, 5) is 4.44. The van der Waals surface area contributed by atoms with Gasteiger partial charge < -0.3 is 0 Å². The van der Waals surface area contributed by atoms with Crippen LogP contribution in [0.2, 0.25) is 0 Å². The van der Waals surface area contributed by atoms with Gasteiger partial charge in [-0.15, -0.1) is 11.3 Å². The lowest BCUT2D eigenvalue weighted by atomic mass is 10.3. The van der Waals surface area contributed by atoms with Crippen LogP contribution in [0.15, 0.2) is 27.1 Å². The summed E-state index contributed by atoms with van der Waals surface area (Å²) >= 11 is 8.93. The molecule has 1 aromatic carbocycles. The maximum Gasteiger partial charge on any atom is 0.139 e. The van der Waals surface area contributed by atoms with Crippen LogP contribution in [0.1, 0.15) is 11.9 Å². The Morgan fingerprint density at radius 3 is 3.07 bits per heavy atom. The Kier molecular flexibility index (Phi) is 2.90.